The number of carbonyl (C=O) groups excluding carboxylic acids is 3. The van der Waals surface area contributed by atoms with Crippen molar-refractivity contribution >= 4 is 17.8 Å². The Bertz CT molecular complexity index is 895. The van der Waals surface area contributed by atoms with E-state index in [1.807, 2.05) is 31.2 Å². The van der Waals surface area contributed by atoms with Gasteiger partial charge in [-0.05, 0) is 48.9 Å². The minimum Gasteiger partial charge on any atom is -0.329 e. The molecule has 5 nitrogen and oxygen atoms in total. The molecule has 1 aliphatic heterocycles. The maximum atomic E-state index is 13.2. The van der Waals surface area contributed by atoms with Gasteiger partial charge in [0.25, 0.3) is 11.8 Å². The van der Waals surface area contributed by atoms with Crippen LogP contribution in [0.25, 0.3) is 0 Å². The zero-order chi connectivity index (χ0) is 19.7. The van der Waals surface area contributed by atoms with Crippen LogP contribution in [0.3, 0.4) is 0 Å². The molecule has 1 unspecified atom stereocenters. The van der Waals surface area contributed by atoms with E-state index in [9.17, 15) is 14.4 Å². The summed E-state index contributed by atoms with van der Waals surface area (Å²) in [4.78, 5) is 43.8. The zero-order valence-electron chi connectivity index (χ0n) is 15.9. The highest BCUT2D eigenvalue weighted by Crippen LogP contribution is 2.38. The Morgan fingerprint density at radius 1 is 0.929 bits per heavy atom. The van der Waals surface area contributed by atoms with Gasteiger partial charge in [0, 0.05) is 0 Å². The molecule has 1 aliphatic carbocycles. The van der Waals surface area contributed by atoms with Crippen molar-refractivity contribution in [1.82, 2.24) is 5.06 Å². The molecule has 2 amide bonds. The van der Waals surface area contributed by atoms with Gasteiger partial charge in [0.05, 0.1) is 17.0 Å². The van der Waals surface area contributed by atoms with Gasteiger partial charge >= 0.3 is 5.97 Å². The number of hydroxylamine groups is 2. The molecule has 1 heterocycles. The van der Waals surface area contributed by atoms with Crippen molar-refractivity contribution < 1.29 is 19.2 Å². The summed E-state index contributed by atoms with van der Waals surface area (Å²) in [5.41, 5.74) is 2.46. The summed E-state index contributed by atoms with van der Waals surface area (Å²) < 4.78 is 0. The van der Waals surface area contributed by atoms with Crippen molar-refractivity contribution in [2.45, 2.75) is 44.9 Å². The van der Waals surface area contributed by atoms with Crippen LogP contribution in [-0.4, -0.2) is 22.8 Å². The van der Waals surface area contributed by atoms with Crippen LogP contribution >= 0.6 is 0 Å². The number of hydrogen-bond donors (Lipinski definition) is 0. The second-order valence-corrected chi connectivity index (χ2v) is 7.59. The summed E-state index contributed by atoms with van der Waals surface area (Å²) >= 11 is 0. The standard InChI is InChI=1S/C23H23NO4/c1-15-9-5-6-12-17(15)20(16-10-3-2-4-11-16)23(27)28-24-21(25)18-13-7-8-14-19(18)22(24)26/h5-9,12-14,16,20H,2-4,10-11H2,1H3. The molecule has 0 saturated heterocycles. The Morgan fingerprint density at radius 3 is 2.11 bits per heavy atom. The van der Waals surface area contributed by atoms with Crippen LogP contribution in [0.5, 0.6) is 0 Å². The molecule has 1 atom stereocenters. The normalized spacial score (nSPS) is 18.1. The fourth-order valence-corrected chi connectivity index (χ4v) is 4.37. The minimum absolute atomic E-state index is 0.150. The lowest BCUT2D eigenvalue weighted by molar-refractivity contribution is -0.172. The number of aryl methyl sites for hydroxylation is 1. The van der Waals surface area contributed by atoms with Crippen LogP contribution in [0, 0.1) is 12.8 Å². The third kappa shape index (κ3) is 3.21. The van der Waals surface area contributed by atoms with Gasteiger partial charge in [-0.3, -0.25) is 9.59 Å². The average Bonchev–Trinajstić information content (AvgIpc) is 2.96. The Labute approximate surface area is 164 Å². The molecule has 2 aliphatic rings. The van der Waals surface area contributed by atoms with Gasteiger partial charge in [-0.1, -0.05) is 60.7 Å². The maximum absolute atomic E-state index is 13.2. The van der Waals surface area contributed by atoms with Crippen molar-refractivity contribution in [1.29, 1.82) is 0 Å². The van der Waals surface area contributed by atoms with E-state index in [-0.39, 0.29) is 17.0 Å². The fraction of sp³-hybridized carbons (Fsp3) is 0.348. The first-order valence-corrected chi connectivity index (χ1v) is 9.83. The molecule has 0 radical (unpaired) electrons. The number of fused-ring (bicyclic) bond motifs is 1. The molecule has 0 spiro atoms. The Hall–Kier alpha value is -2.95. The number of nitrogens with zero attached hydrogens (tertiary/aromatic N) is 1. The molecule has 0 aromatic heterocycles. The van der Waals surface area contributed by atoms with E-state index in [0.717, 1.165) is 36.8 Å². The third-order valence-corrected chi connectivity index (χ3v) is 5.84. The molecular formula is C23H23NO4. The predicted octanol–water partition coefficient (Wildman–Crippen LogP) is 4.41. The molecule has 28 heavy (non-hydrogen) atoms. The lowest BCUT2D eigenvalue weighted by atomic mass is 9.76. The van der Waals surface area contributed by atoms with E-state index in [4.69, 9.17) is 4.84 Å². The smallest absolute Gasteiger partial charge is 0.329 e. The molecule has 144 valence electrons. The van der Waals surface area contributed by atoms with Crippen LogP contribution in [0.1, 0.15) is 69.9 Å². The Kier molecular flexibility index (Phi) is 4.99. The topological polar surface area (TPSA) is 63.7 Å². The van der Waals surface area contributed by atoms with Crippen molar-refractivity contribution in [2.75, 3.05) is 0 Å². The molecule has 0 bridgehead atoms. The summed E-state index contributed by atoms with van der Waals surface area (Å²) in [5.74, 6) is -2.03. The number of amides is 2. The quantitative estimate of drug-likeness (QED) is 0.740. The predicted molar refractivity (Wildman–Crippen MR) is 104 cm³/mol. The number of benzene rings is 2. The van der Waals surface area contributed by atoms with Gasteiger partial charge in [0.2, 0.25) is 0 Å². The lowest BCUT2D eigenvalue weighted by Crippen LogP contribution is -2.36. The first kappa shape index (κ1) is 18.4. The maximum Gasteiger partial charge on any atom is 0.340 e. The van der Waals surface area contributed by atoms with E-state index in [0.29, 0.717) is 5.06 Å². The van der Waals surface area contributed by atoms with Crippen LogP contribution < -0.4 is 0 Å². The molecule has 4 rings (SSSR count). The third-order valence-electron chi connectivity index (χ3n) is 5.84. The summed E-state index contributed by atoms with van der Waals surface area (Å²) in [6, 6.07) is 14.3. The number of rotatable bonds is 4. The van der Waals surface area contributed by atoms with Crippen molar-refractivity contribution in [2.24, 2.45) is 5.92 Å². The summed E-state index contributed by atoms with van der Waals surface area (Å²) in [5, 5.41) is 0.626. The van der Waals surface area contributed by atoms with E-state index in [2.05, 4.69) is 0 Å². The van der Waals surface area contributed by atoms with E-state index >= 15 is 0 Å². The van der Waals surface area contributed by atoms with Gasteiger partial charge < -0.3 is 4.84 Å². The summed E-state index contributed by atoms with van der Waals surface area (Å²) in [7, 11) is 0. The summed E-state index contributed by atoms with van der Waals surface area (Å²) in [6.07, 6.45) is 5.21. The zero-order valence-corrected chi connectivity index (χ0v) is 15.9. The molecular weight excluding hydrogens is 354 g/mol. The highest BCUT2D eigenvalue weighted by molar-refractivity contribution is 6.20. The van der Waals surface area contributed by atoms with Crippen LogP contribution in [0.2, 0.25) is 0 Å². The van der Waals surface area contributed by atoms with Crippen LogP contribution in [0.15, 0.2) is 48.5 Å². The molecule has 0 N–H and O–H groups in total. The van der Waals surface area contributed by atoms with Crippen molar-refractivity contribution in [3.63, 3.8) is 0 Å². The molecule has 2 aromatic carbocycles. The number of hydrogen-bond acceptors (Lipinski definition) is 4. The first-order chi connectivity index (χ1) is 13.6. The molecule has 1 fully saturated rings. The van der Waals surface area contributed by atoms with Gasteiger partial charge in [0.1, 0.15) is 0 Å². The fourth-order valence-electron chi connectivity index (χ4n) is 4.37. The summed E-state index contributed by atoms with van der Waals surface area (Å²) in [6.45, 7) is 1.97. The Balaban J connectivity index is 1.62. The largest absolute Gasteiger partial charge is 0.340 e. The highest BCUT2D eigenvalue weighted by Gasteiger charge is 2.41. The van der Waals surface area contributed by atoms with Gasteiger partial charge in [0.15, 0.2) is 0 Å². The molecule has 1 saturated carbocycles. The monoisotopic (exact) mass is 377 g/mol. The van der Waals surface area contributed by atoms with Gasteiger partial charge in [-0.2, -0.15) is 0 Å². The highest BCUT2D eigenvalue weighted by atomic mass is 16.7. The Morgan fingerprint density at radius 2 is 1.50 bits per heavy atom. The van der Waals surface area contributed by atoms with Gasteiger partial charge in [-0.25, -0.2) is 4.79 Å². The average molecular weight is 377 g/mol. The molecule has 5 heteroatoms. The number of carbonyl (C=O) groups is 3. The second-order valence-electron chi connectivity index (χ2n) is 7.59. The van der Waals surface area contributed by atoms with Gasteiger partial charge in [-0.15, -0.1) is 0 Å². The minimum atomic E-state index is -0.582. The van der Waals surface area contributed by atoms with E-state index < -0.39 is 23.7 Å². The first-order valence-electron chi connectivity index (χ1n) is 9.83. The lowest BCUT2D eigenvalue weighted by Gasteiger charge is -2.30. The van der Waals surface area contributed by atoms with Crippen LogP contribution in [-0.2, 0) is 9.63 Å². The van der Waals surface area contributed by atoms with Crippen molar-refractivity contribution in [3.05, 3.63) is 70.8 Å². The molecule has 2 aromatic rings. The van der Waals surface area contributed by atoms with Crippen molar-refractivity contribution in [3.8, 4) is 0 Å². The second kappa shape index (κ2) is 7.58. The van der Waals surface area contributed by atoms with E-state index in [1.54, 1.807) is 24.3 Å². The van der Waals surface area contributed by atoms with Crippen LogP contribution in [0.4, 0.5) is 0 Å². The number of imide groups is 1. The SMILES string of the molecule is Cc1ccccc1C(C(=O)ON1C(=O)c2ccccc2C1=O)C1CCCCC1. The van der Waals surface area contributed by atoms with E-state index in [1.165, 1.54) is 6.42 Å².